The molecule has 7 nitrogen and oxygen atoms in total. The van der Waals surface area contributed by atoms with Crippen LogP contribution in [-0.4, -0.2) is 53.2 Å². The molecule has 0 aliphatic heterocycles. The maximum atomic E-state index is 5.78. The molecule has 0 unspecified atom stereocenters. The molecule has 0 bridgehead atoms. The van der Waals surface area contributed by atoms with Crippen LogP contribution in [0.3, 0.4) is 0 Å². The molecule has 1 aliphatic carbocycles. The van der Waals surface area contributed by atoms with Gasteiger partial charge in [-0.1, -0.05) is 42.3 Å². The van der Waals surface area contributed by atoms with Crippen LogP contribution in [0, 0.1) is 6.92 Å². The third kappa shape index (κ3) is 8.13. The molecule has 178 valence electrons. The third-order valence-corrected chi connectivity index (χ3v) is 6.11. The van der Waals surface area contributed by atoms with Gasteiger partial charge in [-0.2, -0.15) is 0 Å². The fourth-order valence-corrected chi connectivity index (χ4v) is 4.46. The number of thioether (sulfide) groups is 1. The summed E-state index contributed by atoms with van der Waals surface area (Å²) in [6.45, 7) is 7.03. The molecule has 0 amide bonds. The highest BCUT2D eigenvalue weighted by atomic mass is 127. The Labute approximate surface area is 213 Å². The number of aliphatic imine (C=N–C) groups is 1. The van der Waals surface area contributed by atoms with Crippen molar-refractivity contribution in [2.24, 2.45) is 4.99 Å². The van der Waals surface area contributed by atoms with Gasteiger partial charge in [-0.25, -0.2) is 0 Å². The summed E-state index contributed by atoms with van der Waals surface area (Å²) >= 11 is 1.69. The van der Waals surface area contributed by atoms with E-state index < -0.39 is 0 Å². The second kappa shape index (κ2) is 14.6. The minimum Gasteiger partial charge on any atom is -0.492 e. The maximum Gasteiger partial charge on any atom is 0.191 e. The lowest BCUT2D eigenvalue weighted by Crippen LogP contribution is -2.39. The van der Waals surface area contributed by atoms with Crippen molar-refractivity contribution in [3.8, 4) is 5.75 Å². The molecule has 1 heterocycles. The number of hydrogen-bond acceptors (Lipinski definition) is 5. The molecule has 0 atom stereocenters. The largest absolute Gasteiger partial charge is 0.492 e. The van der Waals surface area contributed by atoms with E-state index in [1.807, 2.05) is 12.1 Å². The van der Waals surface area contributed by atoms with Gasteiger partial charge in [0.25, 0.3) is 0 Å². The maximum absolute atomic E-state index is 5.78. The Morgan fingerprint density at radius 3 is 2.62 bits per heavy atom. The number of guanidine groups is 1. The van der Waals surface area contributed by atoms with Gasteiger partial charge in [-0.05, 0) is 51.5 Å². The monoisotopic (exact) mass is 572 g/mol. The standard InChI is InChI=1S/C23H36N6OS.HI/c1-4-24-22(26-16-17-30-20-13-11-18(2)12-14-20)25-15-7-10-21-27-28-23(31-3)29(21)19-8-5-6-9-19;/h11-14,19H,4-10,15-17H2,1-3H3,(H2,24,25,26);1H. The van der Waals surface area contributed by atoms with Crippen molar-refractivity contribution in [2.75, 3.05) is 32.5 Å². The first-order valence-corrected chi connectivity index (χ1v) is 12.6. The van der Waals surface area contributed by atoms with Crippen molar-refractivity contribution in [2.45, 2.75) is 63.6 Å². The number of halogens is 1. The Hall–Kier alpha value is -1.49. The summed E-state index contributed by atoms with van der Waals surface area (Å²) in [6, 6.07) is 8.69. The Morgan fingerprint density at radius 2 is 1.94 bits per heavy atom. The van der Waals surface area contributed by atoms with E-state index in [0.717, 1.165) is 48.6 Å². The average molecular weight is 573 g/mol. The van der Waals surface area contributed by atoms with Gasteiger partial charge in [0.15, 0.2) is 11.1 Å². The van der Waals surface area contributed by atoms with Gasteiger partial charge >= 0.3 is 0 Å². The minimum atomic E-state index is 0. The van der Waals surface area contributed by atoms with Crippen LogP contribution in [0.25, 0.3) is 0 Å². The van der Waals surface area contributed by atoms with E-state index in [1.54, 1.807) is 11.8 Å². The number of aryl methyl sites for hydroxylation is 2. The first kappa shape index (κ1) is 26.8. The number of aromatic nitrogens is 3. The summed E-state index contributed by atoms with van der Waals surface area (Å²) in [4.78, 5) is 4.72. The highest BCUT2D eigenvalue weighted by Crippen LogP contribution is 2.33. The Kier molecular flexibility index (Phi) is 12.2. The highest BCUT2D eigenvalue weighted by molar-refractivity contribution is 14.0. The zero-order valence-corrected chi connectivity index (χ0v) is 22.6. The normalized spacial score (nSPS) is 14.3. The smallest absolute Gasteiger partial charge is 0.191 e. The summed E-state index contributed by atoms with van der Waals surface area (Å²) in [7, 11) is 0. The topological polar surface area (TPSA) is 76.4 Å². The van der Waals surface area contributed by atoms with Crippen LogP contribution in [0.4, 0.5) is 0 Å². The van der Waals surface area contributed by atoms with Crippen LogP contribution < -0.4 is 15.4 Å². The molecule has 32 heavy (non-hydrogen) atoms. The minimum absolute atomic E-state index is 0. The van der Waals surface area contributed by atoms with Crippen LogP contribution in [0.5, 0.6) is 5.75 Å². The summed E-state index contributed by atoms with van der Waals surface area (Å²) in [5.41, 5.74) is 1.23. The van der Waals surface area contributed by atoms with Crippen molar-refractivity contribution in [3.63, 3.8) is 0 Å². The number of rotatable bonds is 11. The van der Waals surface area contributed by atoms with Crippen LogP contribution in [0.15, 0.2) is 34.4 Å². The zero-order valence-electron chi connectivity index (χ0n) is 19.5. The fraction of sp³-hybridized carbons (Fsp3) is 0.609. The lowest BCUT2D eigenvalue weighted by molar-refractivity contribution is 0.322. The van der Waals surface area contributed by atoms with Gasteiger partial charge < -0.3 is 19.9 Å². The summed E-state index contributed by atoms with van der Waals surface area (Å²) in [5, 5.41) is 16.6. The summed E-state index contributed by atoms with van der Waals surface area (Å²) < 4.78 is 8.16. The molecule has 2 aromatic rings. The number of nitrogens with zero attached hydrogens (tertiary/aromatic N) is 4. The lowest BCUT2D eigenvalue weighted by Gasteiger charge is -2.16. The molecule has 0 saturated heterocycles. The number of benzene rings is 1. The third-order valence-electron chi connectivity index (χ3n) is 5.46. The van der Waals surface area contributed by atoms with Gasteiger partial charge in [-0.3, -0.25) is 4.99 Å². The highest BCUT2D eigenvalue weighted by Gasteiger charge is 2.23. The second-order valence-electron chi connectivity index (χ2n) is 7.86. The predicted molar refractivity (Wildman–Crippen MR) is 144 cm³/mol. The van der Waals surface area contributed by atoms with E-state index in [2.05, 4.69) is 57.6 Å². The second-order valence-corrected chi connectivity index (χ2v) is 8.64. The van der Waals surface area contributed by atoms with Gasteiger partial charge in [-0.15, -0.1) is 34.2 Å². The molecule has 0 spiro atoms. The molecular weight excluding hydrogens is 535 g/mol. The van der Waals surface area contributed by atoms with Gasteiger partial charge in [0.2, 0.25) is 0 Å². The van der Waals surface area contributed by atoms with Crippen LogP contribution in [-0.2, 0) is 6.42 Å². The Bertz CT molecular complexity index is 820. The first-order valence-electron chi connectivity index (χ1n) is 11.4. The van der Waals surface area contributed by atoms with E-state index in [0.29, 0.717) is 19.2 Å². The van der Waals surface area contributed by atoms with Crippen LogP contribution >= 0.6 is 35.7 Å². The van der Waals surface area contributed by atoms with E-state index in [1.165, 1.54) is 31.2 Å². The van der Waals surface area contributed by atoms with E-state index in [4.69, 9.17) is 9.73 Å². The molecule has 1 fully saturated rings. The molecule has 2 N–H and O–H groups in total. The SMILES string of the molecule is CCNC(=NCCCc1nnc(SC)n1C1CCCC1)NCCOc1ccc(C)cc1.I. The van der Waals surface area contributed by atoms with Crippen LogP contribution in [0.2, 0.25) is 0 Å². The number of ether oxygens (including phenoxy) is 1. The molecular formula is C23H37IN6OS. The van der Waals surface area contributed by atoms with Crippen LogP contribution in [0.1, 0.15) is 56.5 Å². The van der Waals surface area contributed by atoms with E-state index >= 15 is 0 Å². The van der Waals surface area contributed by atoms with Crippen molar-refractivity contribution in [1.82, 2.24) is 25.4 Å². The van der Waals surface area contributed by atoms with Gasteiger partial charge in [0.05, 0.1) is 6.54 Å². The zero-order chi connectivity index (χ0) is 21.9. The van der Waals surface area contributed by atoms with Crippen molar-refractivity contribution in [3.05, 3.63) is 35.7 Å². The molecule has 1 aromatic heterocycles. The summed E-state index contributed by atoms with van der Waals surface area (Å²) in [5.74, 6) is 2.83. The van der Waals surface area contributed by atoms with Crippen molar-refractivity contribution < 1.29 is 4.74 Å². The lowest BCUT2D eigenvalue weighted by atomic mass is 10.2. The number of nitrogens with one attached hydrogen (secondary N) is 2. The average Bonchev–Trinajstić information content (AvgIpc) is 3.44. The predicted octanol–water partition coefficient (Wildman–Crippen LogP) is 4.61. The Balaban J connectivity index is 0.00000363. The molecule has 1 aromatic carbocycles. The summed E-state index contributed by atoms with van der Waals surface area (Å²) in [6.07, 6.45) is 9.06. The van der Waals surface area contributed by atoms with E-state index in [-0.39, 0.29) is 24.0 Å². The molecule has 1 saturated carbocycles. The van der Waals surface area contributed by atoms with Crippen molar-refractivity contribution >= 4 is 41.7 Å². The fourth-order valence-electron chi connectivity index (χ4n) is 3.89. The molecule has 3 rings (SSSR count). The molecule has 9 heteroatoms. The van der Waals surface area contributed by atoms with Gasteiger partial charge in [0, 0.05) is 25.6 Å². The van der Waals surface area contributed by atoms with Crippen molar-refractivity contribution in [1.29, 1.82) is 0 Å². The molecule has 1 aliphatic rings. The number of hydrogen-bond donors (Lipinski definition) is 2. The first-order chi connectivity index (χ1) is 15.2. The van der Waals surface area contributed by atoms with E-state index in [9.17, 15) is 0 Å². The quantitative estimate of drug-likeness (QED) is 0.135. The Morgan fingerprint density at radius 1 is 1.19 bits per heavy atom. The molecule has 0 radical (unpaired) electrons. The van der Waals surface area contributed by atoms with Gasteiger partial charge in [0.1, 0.15) is 18.2 Å².